The molecule has 2 N–H and O–H groups in total. The number of benzene rings is 1. The number of nitrogens with zero attached hydrogens (tertiary/aromatic N) is 1. The van der Waals surface area contributed by atoms with Gasteiger partial charge in [0.15, 0.2) is 17.4 Å². The van der Waals surface area contributed by atoms with E-state index < -0.39 is 6.04 Å². The minimum Gasteiger partial charge on any atom is -0.391 e. The highest BCUT2D eigenvalue weighted by Gasteiger charge is 2.33. The number of ketones is 1. The lowest BCUT2D eigenvalue weighted by Gasteiger charge is -2.14. The Morgan fingerprint density at radius 2 is 2.08 bits per heavy atom. The average Bonchev–Trinajstić information content (AvgIpc) is 2.60. The summed E-state index contributed by atoms with van der Waals surface area (Å²) in [4.78, 5) is 13.4. The van der Waals surface area contributed by atoms with Crippen LogP contribution in [0, 0.1) is 0 Å². The van der Waals surface area contributed by atoms with E-state index in [1.54, 1.807) is 47.3 Å². The fraction of sp³-hybridized carbons (Fsp3) is 0.167. The van der Waals surface area contributed by atoms with Crippen molar-refractivity contribution in [1.29, 1.82) is 0 Å². The van der Waals surface area contributed by atoms with Gasteiger partial charge in [0.2, 0.25) is 5.78 Å². The number of aromatic nitrogens is 1. The summed E-state index contributed by atoms with van der Waals surface area (Å²) in [6.45, 7) is 4.02. The van der Waals surface area contributed by atoms with Crippen LogP contribution in [0.25, 0.3) is 0 Å². The number of rotatable bonds is 7. The van der Waals surface area contributed by atoms with Crippen molar-refractivity contribution in [1.82, 2.24) is 5.32 Å². The van der Waals surface area contributed by atoms with E-state index in [9.17, 15) is 9.90 Å². The fourth-order valence-electron chi connectivity index (χ4n) is 2.23. The molecular weight excluding hydrogens is 388 g/mol. The van der Waals surface area contributed by atoms with Crippen molar-refractivity contribution in [2.75, 3.05) is 6.54 Å². The first-order valence-corrected chi connectivity index (χ1v) is 8.56. The molecule has 124 valence electrons. The van der Waals surface area contributed by atoms with E-state index in [-0.39, 0.29) is 12.4 Å². The van der Waals surface area contributed by atoms with Crippen LogP contribution < -0.4 is 9.88 Å². The van der Waals surface area contributed by atoms with Gasteiger partial charge < -0.3 is 10.4 Å². The van der Waals surface area contributed by atoms with Crippen LogP contribution in [0.4, 0.5) is 0 Å². The predicted molar refractivity (Wildman–Crippen MR) is 101 cm³/mol. The Morgan fingerprint density at radius 3 is 2.71 bits per heavy atom. The molecule has 1 heterocycles. The van der Waals surface area contributed by atoms with E-state index in [4.69, 9.17) is 12.2 Å². The number of nitrogens with one attached hydrogen (secondary N) is 1. The van der Waals surface area contributed by atoms with Crippen molar-refractivity contribution in [3.63, 3.8) is 0 Å². The molecule has 0 amide bonds. The highest BCUT2D eigenvalue weighted by Crippen LogP contribution is 2.15. The van der Waals surface area contributed by atoms with Gasteiger partial charge in [-0.05, 0) is 18.2 Å². The minimum atomic E-state index is -0.687. The van der Waals surface area contributed by atoms with E-state index in [1.165, 1.54) is 0 Å². The van der Waals surface area contributed by atoms with Crippen LogP contribution in [-0.4, -0.2) is 22.4 Å². The van der Waals surface area contributed by atoms with Gasteiger partial charge in [0.1, 0.15) is 0 Å². The lowest BCUT2D eigenvalue weighted by Crippen LogP contribution is -2.51. The molecule has 0 fully saturated rings. The van der Waals surface area contributed by atoms with Gasteiger partial charge in [-0.3, -0.25) is 4.79 Å². The van der Waals surface area contributed by atoms with Crippen molar-refractivity contribution in [2.45, 2.75) is 12.6 Å². The Hall–Kier alpha value is -1.89. The number of thiocarbonyl (C=S) groups is 1. The molecular formula is C18H18BrN2O2S+. The fourth-order valence-corrected chi connectivity index (χ4v) is 2.81. The summed E-state index contributed by atoms with van der Waals surface area (Å²) < 4.78 is 2.62. The van der Waals surface area contributed by atoms with Crippen molar-refractivity contribution in [3.8, 4) is 0 Å². The zero-order valence-electron chi connectivity index (χ0n) is 13.0. The third-order valence-electron chi connectivity index (χ3n) is 3.41. The molecule has 1 unspecified atom stereocenters. The third kappa shape index (κ3) is 4.56. The molecule has 1 atom stereocenters. The smallest absolute Gasteiger partial charge is 0.270 e. The standard InChI is InChI=1S/C18H17BrN2O2S/c1-2-9-20-18(24)16(21-10-3-4-13(11-21)12-22)17(23)14-5-7-15(19)8-6-14/h2-8,10-11,16,22H,1,9,12H2/p+1. The Morgan fingerprint density at radius 1 is 1.38 bits per heavy atom. The van der Waals surface area contributed by atoms with Gasteiger partial charge in [0, 0.05) is 28.2 Å². The molecule has 24 heavy (non-hydrogen) atoms. The van der Waals surface area contributed by atoms with Crippen molar-refractivity contribution < 1.29 is 14.5 Å². The number of aliphatic hydroxyl groups is 1. The summed E-state index contributed by atoms with van der Waals surface area (Å²) >= 11 is 8.80. The Kier molecular flexibility index (Phi) is 6.78. The highest BCUT2D eigenvalue weighted by atomic mass is 79.9. The number of hydrogen-bond donors (Lipinski definition) is 2. The highest BCUT2D eigenvalue weighted by molar-refractivity contribution is 9.10. The van der Waals surface area contributed by atoms with Crippen molar-refractivity contribution >= 4 is 38.9 Å². The molecule has 0 saturated carbocycles. The summed E-state index contributed by atoms with van der Waals surface area (Å²) in [6.07, 6.45) is 5.17. The molecule has 0 aliphatic carbocycles. The molecule has 2 rings (SSSR count). The molecule has 0 bridgehead atoms. The number of halogens is 1. The van der Waals surface area contributed by atoms with Crippen LogP contribution in [0.2, 0.25) is 0 Å². The van der Waals surface area contributed by atoms with Crippen molar-refractivity contribution in [3.05, 3.63) is 77.0 Å². The molecule has 0 saturated heterocycles. The lowest BCUT2D eigenvalue weighted by molar-refractivity contribution is -0.692. The molecule has 2 aromatic rings. The monoisotopic (exact) mass is 405 g/mol. The number of hydrogen-bond acceptors (Lipinski definition) is 3. The molecule has 1 aromatic heterocycles. The first kappa shape index (κ1) is 18.4. The Labute approximate surface area is 155 Å². The average molecular weight is 406 g/mol. The number of pyridine rings is 1. The van der Waals surface area contributed by atoms with E-state index in [2.05, 4.69) is 27.8 Å². The number of carbonyl (C=O) groups excluding carboxylic acids is 1. The van der Waals surface area contributed by atoms with Crippen molar-refractivity contribution in [2.24, 2.45) is 0 Å². The second kappa shape index (κ2) is 8.82. The lowest BCUT2D eigenvalue weighted by atomic mass is 10.0. The number of carbonyl (C=O) groups is 1. The van der Waals surface area contributed by atoms with Crippen LogP contribution >= 0.6 is 28.1 Å². The molecule has 1 aromatic carbocycles. The first-order chi connectivity index (χ1) is 11.6. The summed E-state index contributed by atoms with van der Waals surface area (Å²) in [7, 11) is 0. The molecule has 0 spiro atoms. The molecule has 4 nitrogen and oxygen atoms in total. The van der Waals surface area contributed by atoms with E-state index >= 15 is 0 Å². The largest absolute Gasteiger partial charge is 0.391 e. The zero-order chi connectivity index (χ0) is 17.5. The Balaban J connectivity index is 2.41. The normalized spacial score (nSPS) is 11.6. The maximum Gasteiger partial charge on any atom is 0.270 e. The van der Waals surface area contributed by atoms with Gasteiger partial charge in [-0.15, -0.1) is 6.58 Å². The summed E-state index contributed by atoms with van der Waals surface area (Å²) in [5.41, 5.74) is 1.27. The van der Waals surface area contributed by atoms with Gasteiger partial charge >= 0.3 is 0 Å². The van der Waals surface area contributed by atoms with Crippen LogP contribution in [0.3, 0.4) is 0 Å². The van der Waals surface area contributed by atoms with Gasteiger partial charge in [0.05, 0.1) is 6.61 Å². The second-order valence-corrected chi connectivity index (χ2v) is 6.48. The van der Waals surface area contributed by atoms with E-state index in [1.807, 2.05) is 12.1 Å². The zero-order valence-corrected chi connectivity index (χ0v) is 15.4. The van der Waals surface area contributed by atoms with E-state index in [0.29, 0.717) is 22.7 Å². The third-order valence-corrected chi connectivity index (χ3v) is 4.31. The van der Waals surface area contributed by atoms with Crippen LogP contribution in [0.1, 0.15) is 22.0 Å². The van der Waals surface area contributed by atoms with Crippen LogP contribution in [-0.2, 0) is 6.61 Å². The topological polar surface area (TPSA) is 53.2 Å². The van der Waals surface area contributed by atoms with Gasteiger partial charge in [0.25, 0.3) is 6.04 Å². The maximum absolute atomic E-state index is 13.0. The molecule has 0 aliphatic heterocycles. The van der Waals surface area contributed by atoms with Gasteiger partial charge in [-0.2, -0.15) is 4.57 Å². The Bertz CT molecular complexity index is 747. The molecule has 6 heteroatoms. The maximum atomic E-state index is 13.0. The van der Waals surface area contributed by atoms with E-state index in [0.717, 1.165) is 4.47 Å². The quantitative estimate of drug-likeness (QED) is 0.321. The molecule has 0 aliphatic rings. The van der Waals surface area contributed by atoms with Crippen LogP contribution in [0.15, 0.2) is 65.9 Å². The van der Waals surface area contributed by atoms with Gasteiger partial charge in [-0.1, -0.05) is 46.4 Å². The summed E-state index contributed by atoms with van der Waals surface area (Å²) in [5, 5.41) is 12.4. The number of aliphatic hydroxyl groups excluding tert-OH is 1. The SMILES string of the molecule is C=CCNC(=S)C(C(=O)c1ccc(Br)cc1)[n+]1cccc(CO)c1. The summed E-state index contributed by atoms with van der Waals surface area (Å²) in [6, 6.07) is 10.0. The molecule has 0 radical (unpaired) electrons. The minimum absolute atomic E-state index is 0.104. The second-order valence-electron chi connectivity index (χ2n) is 5.13. The predicted octanol–water partition coefficient (Wildman–Crippen LogP) is 2.76. The summed E-state index contributed by atoms with van der Waals surface area (Å²) in [5.74, 6) is -0.121. The first-order valence-electron chi connectivity index (χ1n) is 7.35. The van der Waals surface area contributed by atoms with Crippen LogP contribution in [0.5, 0.6) is 0 Å². The number of Topliss-reactive ketones (excluding diaryl/α,β-unsaturated/α-hetero) is 1. The van der Waals surface area contributed by atoms with Gasteiger partial charge in [-0.25, -0.2) is 0 Å².